The molecule has 3 heteroatoms. The molecule has 0 fully saturated rings. The van der Waals surface area contributed by atoms with Crippen LogP contribution in [0, 0.1) is 6.92 Å². The lowest BCUT2D eigenvalue weighted by molar-refractivity contribution is 0.0993. The van der Waals surface area contributed by atoms with Gasteiger partial charge in [-0.05, 0) is 31.0 Å². The first-order valence-corrected chi connectivity index (χ1v) is 9.77. The number of unbranched alkanes of at least 4 members (excludes halogenated alkanes) is 2. The fourth-order valence-corrected chi connectivity index (χ4v) is 3.92. The molecule has 0 radical (unpaired) electrons. The van der Waals surface area contributed by atoms with Crippen LogP contribution in [0.1, 0.15) is 47.8 Å². The van der Waals surface area contributed by atoms with E-state index in [9.17, 15) is 4.79 Å². The molecule has 0 aliphatic heterocycles. The highest BCUT2D eigenvalue weighted by molar-refractivity contribution is 9.10. The van der Waals surface area contributed by atoms with Crippen molar-refractivity contribution in [1.29, 1.82) is 0 Å². The summed E-state index contributed by atoms with van der Waals surface area (Å²) in [6, 6.07) is 16.2. The van der Waals surface area contributed by atoms with E-state index in [1.807, 2.05) is 30.3 Å². The normalized spacial score (nSPS) is 11.2. The third kappa shape index (κ3) is 3.72. The van der Waals surface area contributed by atoms with Crippen molar-refractivity contribution in [3.05, 3.63) is 69.8 Å². The summed E-state index contributed by atoms with van der Waals surface area (Å²) >= 11 is 3.56. The Balaban J connectivity index is 1.99. The third-order valence-electron chi connectivity index (χ3n) is 4.80. The molecule has 0 aliphatic carbocycles. The Morgan fingerprint density at radius 2 is 1.76 bits per heavy atom. The van der Waals surface area contributed by atoms with Crippen LogP contribution in [0.2, 0.25) is 0 Å². The minimum atomic E-state index is 0.190. The van der Waals surface area contributed by atoms with Crippen LogP contribution in [0.4, 0.5) is 0 Å². The van der Waals surface area contributed by atoms with Gasteiger partial charge in [-0.2, -0.15) is 0 Å². The lowest BCUT2D eigenvalue weighted by Crippen LogP contribution is -2.07. The zero-order valence-electron chi connectivity index (χ0n) is 14.9. The lowest BCUT2D eigenvalue weighted by Gasteiger charge is -2.08. The third-order valence-corrected chi connectivity index (χ3v) is 5.58. The minimum absolute atomic E-state index is 0.190. The molecule has 2 aromatic carbocycles. The quantitative estimate of drug-likeness (QED) is 0.337. The molecule has 0 N–H and O–H groups in total. The maximum Gasteiger partial charge on any atom is 0.169 e. The predicted molar refractivity (Wildman–Crippen MR) is 108 cm³/mol. The van der Waals surface area contributed by atoms with Crippen LogP contribution in [0.3, 0.4) is 0 Å². The summed E-state index contributed by atoms with van der Waals surface area (Å²) in [6.07, 6.45) is 3.98. The topological polar surface area (TPSA) is 22.0 Å². The van der Waals surface area contributed by atoms with Gasteiger partial charge in [0.2, 0.25) is 0 Å². The highest BCUT2D eigenvalue weighted by Gasteiger charge is 2.20. The molecule has 0 unspecified atom stereocenters. The summed E-state index contributed by atoms with van der Waals surface area (Å²) in [5.74, 6) is 0.190. The Bertz CT molecular complexity index is 894. The molecule has 2 nitrogen and oxygen atoms in total. The second kappa shape index (κ2) is 8.01. The van der Waals surface area contributed by atoms with E-state index in [1.165, 1.54) is 18.4 Å². The Kier molecular flexibility index (Phi) is 5.74. The lowest BCUT2D eigenvalue weighted by atomic mass is 10.0. The molecule has 0 bridgehead atoms. The van der Waals surface area contributed by atoms with E-state index in [0.29, 0.717) is 6.42 Å². The van der Waals surface area contributed by atoms with Gasteiger partial charge in [0.05, 0.1) is 0 Å². The average molecular weight is 398 g/mol. The summed E-state index contributed by atoms with van der Waals surface area (Å²) in [5.41, 5.74) is 4.18. The van der Waals surface area contributed by atoms with Gasteiger partial charge in [-0.1, -0.05) is 72.1 Å². The van der Waals surface area contributed by atoms with Crippen LogP contribution < -0.4 is 0 Å². The van der Waals surface area contributed by atoms with Crippen molar-refractivity contribution in [2.24, 2.45) is 0 Å². The van der Waals surface area contributed by atoms with Gasteiger partial charge in [0.1, 0.15) is 0 Å². The van der Waals surface area contributed by atoms with Crippen molar-refractivity contribution in [3.63, 3.8) is 0 Å². The van der Waals surface area contributed by atoms with Gasteiger partial charge in [0.15, 0.2) is 5.78 Å². The second-order valence-electron chi connectivity index (χ2n) is 6.53. The van der Waals surface area contributed by atoms with Gasteiger partial charge < -0.3 is 4.57 Å². The van der Waals surface area contributed by atoms with Gasteiger partial charge >= 0.3 is 0 Å². The molecule has 130 valence electrons. The molecule has 0 atom stereocenters. The molecule has 1 heterocycles. The number of carbonyl (C=O) groups is 1. The van der Waals surface area contributed by atoms with Crippen LogP contribution in [-0.4, -0.2) is 10.4 Å². The van der Waals surface area contributed by atoms with Crippen molar-refractivity contribution in [1.82, 2.24) is 4.57 Å². The molecule has 25 heavy (non-hydrogen) atoms. The molecular weight excluding hydrogens is 374 g/mol. The highest BCUT2D eigenvalue weighted by atomic mass is 79.9. The zero-order valence-corrected chi connectivity index (χ0v) is 16.5. The number of nitrogens with zero attached hydrogens (tertiary/aromatic N) is 1. The largest absolute Gasteiger partial charge is 0.344 e. The van der Waals surface area contributed by atoms with E-state index in [4.69, 9.17) is 0 Å². The fraction of sp³-hybridized carbons (Fsp3) is 0.318. The van der Waals surface area contributed by atoms with E-state index in [1.54, 1.807) is 0 Å². The SMILES string of the molecule is CCCCCn1c(C)c(C(=O)Cc2ccccc2Br)c2ccccc21. The second-order valence-corrected chi connectivity index (χ2v) is 7.38. The molecule has 0 saturated carbocycles. The van der Waals surface area contributed by atoms with E-state index >= 15 is 0 Å². The van der Waals surface area contributed by atoms with E-state index < -0.39 is 0 Å². The number of ketones is 1. The number of aryl methyl sites for hydroxylation is 1. The van der Waals surface area contributed by atoms with Gasteiger partial charge in [-0.25, -0.2) is 0 Å². The number of para-hydroxylation sites is 1. The van der Waals surface area contributed by atoms with Crippen LogP contribution in [0.25, 0.3) is 10.9 Å². The van der Waals surface area contributed by atoms with Crippen LogP contribution in [0.15, 0.2) is 53.0 Å². The van der Waals surface area contributed by atoms with Crippen LogP contribution in [0.5, 0.6) is 0 Å². The Morgan fingerprint density at radius 1 is 1.04 bits per heavy atom. The zero-order chi connectivity index (χ0) is 17.8. The summed E-state index contributed by atoms with van der Waals surface area (Å²) in [4.78, 5) is 13.1. The molecule has 3 aromatic rings. The molecular formula is C22H24BrNO. The summed E-state index contributed by atoms with van der Waals surface area (Å²) in [6.45, 7) is 5.27. The summed E-state index contributed by atoms with van der Waals surface area (Å²) in [5, 5.41) is 1.08. The first-order valence-electron chi connectivity index (χ1n) is 8.98. The molecule has 0 aliphatic rings. The maximum absolute atomic E-state index is 13.1. The molecule has 0 amide bonds. The van der Waals surface area contributed by atoms with E-state index in [0.717, 1.165) is 39.6 Å². The van der Waals surface area contributed by atoms with Crippen molar-refractivity contribution in [2.45, 2.75) is 46.1 Å². The Morgan fingerprint density at radius 3 is 2.52 bits per heavy atom. The van der Waals surface area contributed by atoms with Crippen LogP contribution in [-0.2, 0) is 13.0 Å². The number of rotatable bonds is 7. The average Bonchev–Trinajstić information content (AvgIpc) is 2.89. The van der Waals surface area contributed by atoms with Gasteiger partial charge in [0, 0.05) is 39.6 Å². The van der Waals surface area contributed by atoms with Crippen molar-refractivity contribution in [2.75, 3.05) is 0 Å². The number of fused-ring (bicyclic) bond motifs is 1. The van der Waals surface area contributed by atoms with Crippen molar-refractivity contribution >= 4 is 32.6 Å². The number of hydrogen-bond donors (Lipinski definition) is 0. The van der Waals surface area contributed by atoms with E-state index in [2.05, 4.69) is 52.5 Å². The highest BCUT2D eigenvalue weighted by Crippen LogP contribution is 2.28. The Labute approximate surface area is 158 Å². The van der Waals surface area contributed by atoms with Crippen molar-refractivity contribution < 1.29 is 4.79 Å². The van der Waals surface area contributed by atoms with E-state index in [-0.39, 0.29) is 5.78 Å². The number of Topliss-reactive ketones (excluding diaryl/α,β-unsaturated/α-hetero) is 1. The van der Waals surface area contributed by atoms with Gasteiger partial charge in [-0.15, -0.1) is 0 Å². The summed E-state index contributed by atoms with van der Waals surface area (Å²) < 4.78 is 3.31. The smallest absolute Gasteiger partial charge is 0.169 e. The molecule has 3 rings (SSSR count). The standard InChI is InChI=1S/C22H24BrNO/c1-3-4-9-14-24-16(2)22(18-11-6-8-13-20(18)24)21(25)15-17-10-5-7-12-19(17)23/h5-8,10-13H,3-4,9,14-15H2,1-2H3. The maximum atomic E-state index is 13.1. The number of carbonyl (C=O) groups excluding carboxylic acids is 1. The summed E-state index contributed by atoms with van der Waals surface area (Å²) in [7, 11) is 0. The first-order chi connectivity index (χ1) is 12.1. The predicted octanol–water partition coefficient (Wildman–Crippen LogP) is 6.33. The molecule has 0 saturated heterocycles. The van der Waals surface area contributed by atoms with Gasteiger partial charge in [-0.3, -0.25) is 4.79 Å². The number of halogens is 1. The van der Waals surface area contributed by atoms with Gasteiger partial charge in [0.25, 0.3) is 0 Å². The van der Waals surface area contributed by atoms with Crippen LogP contribution >= 0.6 is 15.9 Å². The monoisotopic (exact) mass is 397 g/mol. The van der Waals surface area contributed by atoms with Crippen molar-refractivity contribution in [3.8, 4) is 0 Å². The Hall–Kier alpha value is -1.87. The number of benzene rings is 2. The number of aromatic nitrogens is 1. The number of hydrogen-bond acceptors (Lipinski definition) is 1. The minimum Gasteiger partial charge on any atom is -0.344 e. The molecule has 1 aromatic heterocycles. The molecule has 0 spiro atoms. The first kappa shape index (κ1) is 17.9. The fourth-order valence-electron chi connectivity index (χ4n) is 3.49.